The average Bonchev–Trinajstić information content (AvgIpc) is 2.74. The van der Waals surface area contributed by atoms with Crippen molar-refractivity contribution in [1.82, 2.24) is 5.32 Å². The molecule has 0 aromatic carbocycles. The van der Waals surface area contributed by atoms with Crippen LogP contribution in [0.3, 0.4) is 0 Å². The molecule has 5 nitrogen and oxygen atoms in total. The standard InChI is InChI=1S/C8H13NO4/c1-2-12-8(10)7-6(9-7)5-3-11-4-13-5/h5-7,9H,2-4H2,1H3/t5-,6+,7+/m1/s1. The van der Waals surface area contributed by atoms with Gasteiger partial charge in [0.2, 0.25) is 0 Å². The third-order valence-electron chi connectivity index (χ3n) is 2.21. The molecule has 2 saturated heterocycles. The summed E-state index contributed by atoms with van der Waals surface area (Å²) < 4.78 is 15.1. The molecule has 2 aliphatic rings. The van der Waals surface area contributed by atoms with E-state index >= 15 is 0 Å². The van der Waals surface area contributed by atoms with Crippen LogP contribution in [0.15, 0.2) is 0 Å². The van der Waals surface area contributed by atoms with Gasteiger partial charge in [0.1, 0.15) is 18.9 Å². The molecule has 0 radical (unpaired) electrons. The Morgan fingerprint density at radius 3 is 3.15 bits per heavy atom. The second-order valence-corrected chi connectivity index (χ2v) is 3.12. The van der Waals surface area contributed by atoms with Crippen molar-refractivity contribution in [2.75, 3.05) is 20.0 Å². The Labute approximate surface area is 76.3 Å². The van der Waals surface area contributed by atoms with Crippen LogP contribution in [0, 0.1) is 0 Å². The first-order chi connectivity index (χ1) is 6.33. The number of carbonyl (C=O) groups is 1. The molecule has 1 N–H and O–H groups in total. The smallest absolute Gasteiger partial charge is 0.324 e. The van der Waals surface area contributed by atoms with Gasteiger partial charge in [-0.2, -0.15) is 0 Å². The molecule has 0 bridgehead atoms. The molecule has 13 heavy (non-hydrogen) atoms. The fraction of sp³-hybridized carbons (Fsp3) is 0.875. The minimum atomic E-state index is -0.192. The largest absolute Gasteiger partial charge is 0.465 e. The quantitative estimate of drug-likeness (QED) is 0.465. The third kappa shape index (κ3) is 1.82. The number of nitrogens with one attached hydrogen (secondary N) is 1. The molecule has 0 saturated carbocycles. The summed E-state index contributed by atoms with van der Waals surface area (Å²) in [5.41, 5.74) is 0. The van der Waals surface area contributed by atoms with Gasteiger partial charge in [-0.05, 0) is 6.92 Å². The maximum Gasteiger partial charge on any atom is 0.324 e. The van der Waals surface area contributed by atoms with E-state index in [0.29, 0.717) is 20.0 Å². The lowest BCUT2D eigenvalue weighted by Gasteiger charge is -2.03. The molecule has 2 rings (SSSR count). The molecule has 0 aromatic heterocycles. The van der Waals surface area contributed by atoms with E-state index in [4.69, 9.17) is 14.2 Å². The highest BCUT2D eigenvalue weighted by Crippen LogP contribution is 2.22. The second kappa shape index (κ2) is 3.61. The Bertz CT molecular complexity index is 202. The number of carbonyl (C=O) groups excluding carboxylic acids is 1. The van der Waals surface area contributed by atoms with Crippen molar-refractivity contribution < 1.29 is 19.0 Å². The van der Waals surface area contributed by atoms with Crippen LogP contribution in [0.25, 0.3) is 0 Å². The van der Waals surface area contributed by atoms with Gasteiger partial charge in [-0.1, -0.05) is 0 Å². The van der Waals surface area contributed by atoms with E-state index in [1.807, 2.05) is 0 Å². The van der Waals surface area contributed by atoms with Gasteiger partial charge in [0.15, 0.2) is 0 Å². The molecule has 2 heterocycles. The van der Waals surface area contributed by atoms with Gasteiger partial charge in [0, 0.05) is 0 Å². The second-order valence-electron chi connectivity index (χ2n) is 3.12. The Morgan fingerprint density at radius 1 is 1.69 bits per heavy atom. The number of esters is 1. The summed E-state index contributed by atoms with van der Waals surface area (Å²) in [6.45, 7) is 3.11. The van der Waals surface area contributed by atoms with Gasteiger partial charge in [-0.15, -0.1) is 0 Å². The first-order valence-corrected chi connectivity index (χ1v) is 4.45. The van der Waals surface area contributed by atoms with Crippen LogP contribution in [-0.2, 0) is 19.0 Å². The Morgan fingerprint density at radius 2 is 2.54 bits per heavy atom. The van der Waals surface area contributed by atoms with E-state index in [1.165, 1.54) is 0 Å². The van der Waals surface area contributed by atoms with Crippen molar-refractivity contribution >= 4 is 5.97 Å². The summed E-state index contributed by atoms with van der Waals surface area (Å²) in [6, 6.07) is -0.104. The fourth-order valence-electron chi connectivity index (χ4n) is 1.48. The van der Waals surface area contributed by atoms with Crippen LogP contribution in [0.1, 0.15) is 6.92 Å². The fourth-order valence-corrected chi connectivity index (χ4v) is 1.48. The van der Waals surface area contributed by atoms with Gasteiger partial charge in [0.05, 0.1) is 19.3 Å². The third-order valence-corrected chi connectivity index (χ3v) is 2.21. The minimum absolute atomic E-state index is 0.00871. The van der Waals surface area contributed by atoms with Crippen LogP contribution < -0.4 is 5.32 Å². The van der Waals surface area contributed by atoms with E-state index in [1.54, 1.807) is 6.92 Å². The Balaban J connectivity index is 1.77. The van der Waals surface area contributed by atoms with Crippen molar-refractivity contribution in [2.24, 2.45) is 0 Å². The highest BCUT2D eigenvalue weighted by molar-refractivity contribution is 5.80. The summed E-state index contributed by atoms with van der Waals surface area (Å²) in [5, 5.41) is 3.02. The molecule has 3 atom stereocenters. The van der Waals surface area contributed by atoms with Crippen molar-refractivity contribution in [2.45, 2.75) is 25.1 Å². The molecule has 0 amide bonds. The van der Waals surface area contributed by atoms with Crippen LogP contribution in [0.2, 0.25) is 0 Å². The highest BCUT2D eigenvalue weighted by atomic mass is 16.7. The molecule has 0 unspecified atom stereocenters. The first-order valence-electron chi connectivity index (χ1n) is 4.45. The van der Waals surface area contributed by atoms with Crippen LogP contribution in [-0.4, -0.2) is 44.2 Å². The lowest BCUT2D eigenvalue weighted by Crippen LogP contribution is -2.23. The summed E-state index contributed by atoms with van der Waals surface area (Å²) in [7, 11) is 0. The zero-order chi connectivity index (χ0) is 9.26. The van der Waals surface area contributed by atoms with Crippen LogP contribution in [0.4, 0.5) is 0 Å². The van der Waals surface area contributed by atoms with E-state index in [-0.39, 0.29) is 24.2 Å². The SMILES string of the molecule is CCOC(=O)[C@H]1N[C@H]1[C@H]1COCO1. The summed E-state index contributed by atoms with van der Waals surface area (Å²) in [6.07, 6.45) is 0.00871. The molecule has 2 fully saturated rings. The maximum absolute atomic E-state index is 11.2. The summed E-state index contributed by atoms with van der Waals surface area (Å²) >= 11 is 0. The van der Waals surface area contributed by atoms with E-state index in [2.05, 4.69) is 5.32 Å². The molecule has 0 spiro atoms. The van der Waals surface area contributed by atoms with Gasteiger partial charge in [0.25, 0.3) is 0 Å². The van der Waals surface area contributed by atoms with Crippen molar-refractivity contribution in [3.8, 4) is 0 Å². The molecular weight excluding hydrogens is 174 g/mol. The number of ether oxygens (including phenoxy) is 3. The van der Waals surface area contributed by atoms with E-state index in [9.17, 15) is 4.79 Å². The summed E-state index contributed by atoms with van der Waals surface area (Å²) in [5.74, 6) is -0.192. The lowest BCUT2D eigenvalue weighted by atomic mass is 10.2. The van der Waals surface area contributed by atoms with Crippen LogP contribution >= 0.6 is 0 Å². The topological polar surface area (TPSA) is 66.7 Å². The zero-order valence-corrected chi connectivity index (χ0v) is 7.49. The van der Waals surface area contributed by atoms with Crippen molar-refractivity contribution in [3.63, 3.8) is 0 Å². The molecule has 0 aliphatic carbocycles. The van der Waals surface area contributed by atoms with Gasteiger partial charge < -0.3 is 14.2 Å². The van der Waals surface area contributed by atoms with Gasteiger partial charge in [-0.3, -0.25) is 10.1 Å². The average molecular weight is 187 g/mol. The molecule has 5 heteroatoms. The first kappa shape index (κ1) is 8.93. The normalized spacial score (nSPS) is 37.5. The predicted octanol–water partition coefficient (Wildman–Crippen LogP) is -0.737. The zero-order valence-electron chi connectivity index (χ0n) is 7.49. The van der Waals surface area contributed by atoms with Gasteiger partial charge in [-0.25, -0.2) is 0 Å². The van der Waals surface area contributed by atoms with Crippen molar-refractivity contribution in [1.29, 1.82) is 0 Å². The Kier molecular flexibility index (Phi) is 2.48. The lowest BCUT2D eigenvalue weighted by molar-refractivity contribution is -0.142. The number of rotatable bonds is 3. The van der Waals surface area contributed by atoms with Crippen LogP contribution in [0.5, 0.6) is 0 Å². The molecular formula is C8H13NO4. The maximum atomic E-state index is 11.2. The Hall–Kier alpha value is -0.650. The minimum Gasteiger partial charge on any atom is -0.465 e. The van der Waals surface area contributed by atoms with Gasteiger partial charge >= 0.3 is 5.97 Å². The molecule has 0 aromatic rings. The molecule has 2 aliphatic heterocycles. The predicted molar refractivity (Wildman–Crippen MR) is 43.0 cm³/mol. The van der Waals surface area contributed by atoms with Crippen molar-refractivity contribution in [3.05, 3.63) is 0 Å². The summed E-state index contributed by atoms with van der Waals surface area (Å²) in [4.78, 5) is 11.2. The van der Waals surface area contributed by atoms with E-state index in [0.717, 1.165) is 0 Å². The number of hydrogen-bond acceptors (Lipinski definition) is 5. The number of hydrogen-bond donors (Lipinski definition) is 1. The monoisotopic (exact) mass is 187 g/mol. The highest BCUT2D eigenvalue weighted by Gasteiger charge is 2.50. The van der Waals surface area contributed by atoms with E-state index < -0.39 is 0 Å². The molecule has 74 valence electrons.